The lowest BCUT2D eigenvalue weighted by Crippen LogP contribution is -2.27. The highest BCUT2D eigenvalue weighted by Crippen LogP contribution is 2.18. The van der Waals surface area contributed by atoms with E-state index in [1.807, 2.05) is 25.1 Å². The van der Waals surface area contributed by atoms with Crippen molar-refractivity contribution >= 4 is 27.7 Å². The highest BCUT2D eigenvalue weighted by atomic mass is 79.9. The molecule has 1 heterocycles. The predicted molar refractivity (Wildman–Crippen MR) is 83.3 cm³/mol. The SMILES string of the molecule is Cc1cccc(CN(C)C(=O)c2cc(Br)cnc2N)c1. The van der Waals surface area contributed by atoms with Gasteiger partial charge in [-0.3, -0.25) is 4.79 Å². The van der Waals surface area contributed by atoms with Crippen LogP contribution in [0.4, 0.5) is 5.82 Å². The Kier molecular flexibility index (Phi) is 4.39. The average Bonchev–Trinajstić information content (AvgIpc) is 2.40. The zero-order chi connectivity index (χ0) is 14.7. The van der Waals surface area contributed by atoms with Crippen LogP contribution >= 0.6 is 15.9 Å². The van der Waals surface area contributed by atoms with Gasteiger partial charge in [0, 0.05) is 24.3 Å². The van der Waals surface area contributed by atoms with Crippen LogP contribution in [0.5, 0.6) is 0 Å². The van der Waals surface area contributed by atoms with Crippen LogP contribution < -0.4 is 5.73 Å². The number of hydrogen-bond acceptors (Lipinski definition) is 3. The molecule has 0 saturated heterocycles. The Labute approximate surface area is 126 Å². The van der Waals surface area contributed by atoms with Crippen molar-refractivity contribution in [3.05, 3.63) is 57.7 Å². The Balaban J connectivity index is 2.18. The molecule has 0 atom stereocenters. The lowest BCUT2D eigenvalue weighted by atomic mass is 10.1. The Morgan fingerprint density at radius 1 is 1.40 bits per heavy atom. The molecule has 2 rings (SSSR count). The Morgan fingerprint density at radius 2 is 2.15 bits per heavy atom. The maximum atomic E-state index is 12.4. The highest BCUT2D eigenvalue weighted by molar-refractivity contribution is 9.10. The number of nitrogens with two attached hydrogens (primary N) is 1. The molecule has 1 amide bonds. The number of anilines is 1. The largest absolute Gasteiger partial charge is 0.383 e. The van der Waals surface area contributed by atoms with Gasteiger partial charge >= 0.3 is 0 Å². The zero-order valence-corrected chi connectivity index (χ0v) is 13.0. The predicted octanol–water partition coefficient (Wildman–Crippen LogP) is 3.01. The lowest BCUT2D eigenvalue weighted by Gasteiger charge is -2.18. The molecule has 0 radical (unpaired) electrons. The van der Waals surface area contributed by atoms with Crippen molar-refractivity contribution in [2.24, 2.45) is 0 Å². The smallest absolute Gasteiger partial charge is 0.257 e. The van der Waals surface area contributed by atoms with Gasteiger partial charge in [0.25, 0.3) is 5.91 Å². The van der Waals surface area contributed by atoms with Gasteiger partial charge in [-0.1, -0.05) is 29.8 Å². The van der Waals surface area contributed by atoms with Gasteiger partial charge in [0.1, 0.15) is 5.82 Å². The van der Waals surface area contributed by atoms with Crippen molar-refractivity contribution in [2.75, 3.05) is 12.8 Å². The molecular formula is C15H16BrN3O. The number of nitrogen functional groups attached to an aromatic ring is 1. The third-order valence-corrected chi connectivity index (χ3v) is 3.40. The van der Waals surface area contributed by atoms with Gasteiger partial charge in [0.05, 0.1) is 5.56 Å². The summed E-state index contributed by atoms with van der Waals surface area (Å²) in [5.41, 5.74) is 8.44. The van der Waals surface area contributed by atoms with Crippen LogP contribution in [0.3, 0.4) is 0 Å². The minimum absolute atomic E-state index is 0.141. The average molecular weight is 334 g/mol. The molecule has 0 aliphatic carbocycles. The zero-order valence-electron chi connectivity index (χ0n) is 11.4. The fraction of sp³-hybridized carbons (Fsp3) is 0.200. The molecule has 0 bridgehead atoms. The summed E-state index contributed by atoms with van der Waals surface area (Å²) in [6, 6.07) is 9.77. The van der Waals surface area contributed by atoms with Crippen LogP contribution in [-0.2, 0) is 6.54 Å². The van der Waals surface area contributed by atoms with E-state index in [1.165, 1.54) is 5.56 Å². The van der Waals surface area contributed by atoms with Crippen LogP contribution in [0.1, 0.15) is 21.5 Å². The third kappa shape index (κ3) is 3.36. The summed E-state index contributed by atoms with van der Waals surface area (Å²) in [5, 5.41) is 0. The molecule has 4 nitrogen and oxygen atoms in total. The van der Waals surface area contributed by atoms with E-state index in [0.717, 1.165) is 10.0 Å². The maximum absolute atomic E-state index is 12.4. The number of halogens is 1. The van der Waals surface area contributed by atoms with Gasteiger partial charge in [0.2, 0.25) is 0 Å². The van der Waals surface area contributed by atoms with E-state index in [2.05, 4.69) is 27.0 Å². The van der Waals surface area contributed by atoms with Gasteiger partial charge in [0.15, 0.2) is 0 Å². The number of aryl methyl sites for hydroxylation is 1. The van der Waals surface area contributed by atoms with Gasteiger partial charge in [-0.15, -0.1) is 0 Å². The Morgan fingerprint density at radius 3 is 2.85 bits per heavy atom. The fourth-order valence-corrected chi connectivity index (χ4v) is 2.31. The first-order chi connectivity index (χ1) is 9.47. The van der Waals surface area contributed by atoms with Crippen LogP contribution in [0, 0.1) is 6.92 Å². The van der Waals surface area contributed by atoms with E-state index in [4.69, 9.17) is 5.73 Å². The molecule has 0 aliphatic rings. The number of nitrogens with zero attached hydrogens (tertiary/aromatic N) is 2. The van der Waals surface area contributed by atoms with Crippen LogP contribution in [0.15, 0.2) is 41.0 Å². The summed E-state index contributed by atoms with van der Waals surface area (Å²) in [7, 11) is 1.75. The number of benzene rings is 1. The molecule has 0 saturated carbocycles. The first-order valence-electron chi connectivity index (χ1n) is 6.19. The highest BCUT2D eigenvalue weighted by Gasteiger charge is 2.16. The van der Waals surface area contributed by atoms with Crippen LogP contribution in [0.2, 0.25) is 0 Å². The van der Waals surface area contributed by atoms with E-state index in [-0.39, 0.29) is 11.7 Å². The van der Waals surface area contributed by atoms with Crippen molar-refractivity contribution in [3.63, 3.8) is 0 Å². The van der Waals surface area contributed by atoms with E-state index in [0.29, 0.717) is 12.1 Å². The second-order valence-electron chi connectivity index (χ2n) is 4.74. The number of rotatable bonds is 3. The van der Waals surface area contributed by atoms with Gasteiger partial charge < -0.3 is 10.6 Å². The summed E-state index contributed by atoms with van der Waals surface area (Å²) in [6.07, 6.45) is 1.58. The van der Waals surface area contributed by atoms with Crippen molar-refractivity contribution in [1.29, 1.82) is 0 Å². The monoisotopic (exact) mass is 333 g/mol. The van der Waals surface area contributed by atoms with Crippen LogP contribution in [0.25, 0.3) is 0 Å². The Hall–Kier alpha value is -1.88. The minimum atomic E-state index is -0.141. The first kappa shape index (κ1) is 14.5. The van der Waals surface area contributed by atoms with E-state index >= 15 is 0 Å². The second kappa shape index (κ2) is 6.05. The van der Waals surface area contributed by atoms with Gasteiger partial charge in [-0.25, -0.2) is 4.98 Å². The lowest BCUT2D eigenvalue weighted by molar-refractivity contribution is 0.0785. The number of carbonyl (C=O) groups is 1. The molecule has 5 heteroatoms. The van der Waals surface area contributed by atoms with Gasteiger partial charge in [-0.05, 0) is 34.5 Å². The summed E-state index contributed by atoms with van der Waals surface area (Å²) in [6.45, 7) is 2.56. The van der Waals surface area contributed by atoms with Crippen molar-refractivity contribution in [2.45, 2.75) is 13.5 Å². The maximum Gasteiger partial charge on any atom is 0.257 e. The molecule has 1 aromatic heterocycles. The van der Waals surface area contributed by atoms with Gasteiger partial charge in [-0.2, -0.15) is 0 Å². The number of carbonyl (C=O) groups excluding carboxylic acids is 1. The van der Waals surface area contributed by atoms with Crippen molar-refractivity contribution in [1.82, 2.24) is 9.88 Å². The number of aromatic nitrogens is 1. The third-order valence-electron chi connectivity index (χ3n) is 2.96. The first-order valence-corrected chi connectivity index (χ1v) is 6.98. The fourth-order valence-electron chi connectivity index (χ4n) is 1.98. The molecule has 0 unspecified atom stereocenters. The molecule has 1 aromatic carbocycles. The number of hydrogen-bond donors (Lipinski definition) is 1. The number of amides is 1. The minimum Gasteiger partial charge on any atom is -0.383 e. The standard InChI is InChI=1S/C15H16BrN3O/c1-10-4-3-5-11(6-10)9-19(2)15(20)13-7-12(16)8-18-14(13)17/h3-8H,9H2,1-2H3,(H2,17,18). The summed E-state index contributed by atoms with van der Waals surface area (Å²) >= 11 is 3.30. The van der Waals surface area contributed by atoms with Crippen molar-refractivity contribution in [3.8, 4) is 0 Å². The molecule has 2 aromatic rings. The molecule has 2 N–H and O–H groups in total. The van der Waals surface area contributed by atoms with Crippen molar-refractivity contribution < 1.29 is 4.79 Å². The molecule has 0 spiro atoms. The van der Waals surface area contributed by atoms with Crippen LogP contribution in [-0.4, -0.2) is 22.8 Å². The van der Waals surface area contributed by atoms with E-state index < -0.39 is 0 Å². The number of pyridine rings is 1. The molecular weight excluding hydrogens is 318 g/mol. The molecule has 0 fully saturated rings. The van der Waals surface area contributed by atoms with E-state index in [9.17, 15) is 4.79 Å². The topological polar surface area (TPSA) is 59.2 Å². The normalized spacial score (nSPS) is 10.3. The summed E-state index contributed by atoms with van der Waals surface area (Å²) in [5.74, 6) is 0.104. The quantitative estimate of drug-likeness (QED) is 0.939. The molecule has 0 aliphatic heterocycles. The molecule has 20 heavy (non-hydrogen) atoms. The van der Waals surface area contributed by atoms with E-state index in [1.54, 1.807) is 24.2 Å². The Bertz CT molecular complexity index is 643. The molecule has 104 valence electrons. The summed E-state index contributed by atoms with van der Waals surface area (Å²) < 4.78 is 0.735. The second-order valence-corrected chi connectivity index (χ2v) is 5.65. The summed E-state index contributed by atoms with van der Waals surface area (Å²) in [4.78, 5) is 18.0.